The van der Waals surface area contributed by atoms with Crippen molar-refractivity contribution in [2.24, 2.45) is 0 Å². The molecule has 0 aliphatic carbocycles. The minimum Gasteiger partial charge on any atom is -0.462 e. The average molecular weight is 296 g/mol. The summed E-state index contributed by atoms with van der Waals surface area (Å²) in [6.45, 7) is 4.02. The molecule has 90 valence electrons. The van der Waals surface area contributed by atoms with E-state index in [2.05, 4.69) is 22.0 Å². The number of alkyl halides is 1. The first-order chi connectivity index (χ1) is 8.19. The van der Waals surface area contributed by atoms with Crippen LogP contribution in [0.3, 0.4) is 0 Å². The van der Waals surface area contributed by atoms with E-state index >= 15 is 0 Å². The number of halogens is 1. The molecule has 1 rings (SSSR count). The van der Waals surface area contributed by atoms with Crippen molar-refractivity contribution < 1.29 is 9.53 Å². The fraction of sp³-hybridized carbons (Fsp3) is 0.385. The van der Waals surface area contributed by atoms with Crippen LogP contribution in [0, 0.1) is 11.3 Å². The summed E-state index contributed by atoms with van der Waals surface area (Å²) in [6.07, 6.45) is 0.720. The van der Waals surface area contributed by atoms with Gasteiger partial charge < -0.3 is 4.74 Å². The van der Waals surface area contributed by atoms with Crippen LogP contribution < -0.4 is 0 Å². The minimum atomic E-state index is -0.422. The smallest absolute Gasteiger partial charge is 0.339 e. The number of rotatable bonds is 4. The van der Waals surface area contributed by atoms with E-state index in [4.69, 9.17) is 4.74 Å². The molecule has 0 aliphatic rings. The molecule has 0 aliphatic heterocycles. The van der Waals surface area contributed by atoms with E-state index < -0.39 is 5.97 Å². The molecule has 0 spiro atoms. The van der Waals surface area contributed by atoms with E-state index in [1.165, 1.54) is 0 Å². The summed E-state index contributed by atoms with van der Waals surface area (Å²) in [5.41, 5.74) is 2.49. The number of esters is 1. The summed E-state index contributed by atoms with van der Waals surface area (Å²) in [6, 6.07) is 5.86. The molecule has 0 unspecified atom stereocenters. The molecule has 0 atom stereocenters. The maximum atomic E-state index is 11.9. The van der Waals surface area contributed by atoms with E-state index in [-0.39, 0.29) is 0 Å². The Morgan fingerprint density at radius 1 is 1.41 bits per heavy atom. The highest BCUT2D eigenvalue weighted by Crippen LogP contribution is 2.22. The first-order valence-corrected chi connectivity index (χ1v) is 6.59. The van der Waals surface area contributed by atoms with Gasteiger partial charge in [0.1, 0.15) is 6.07 Å². The van der Waals surface area contributed by atoms with E-state index in [0.717, 1.165) is 17.5 Å². The predicted octanol–water partition coefficient (Wildman–Crippen LogP) is 3.19. The monoisotopic (exact) mass is 295 g/mol. The maximum absolute atomic E-state index is 11.9. The van der Waals surface area contributed by atoms with Gasteiger partial charge in [0.05, 0.1) is 17.7 Å². The highest BCUT2D eigenvalue weighted by molar-refractivity contribution is 9.08. The van der Waals surface area contributed by atoms with Crippen molar-refractivity contribution in [1.29, 1.82) is 5.26 Å². The summed E-state index contributed by atoms with van der Waals surface area (Å²) in [7, 11) is 0. The fourth-order valence-electron chi connectivity index (χ4n) is 1.66. The van der Waals surface area contributed by atoms with Crippen molar-refractivity contribution in [2.45, 2.75) is 25.6 Å². The Hall–Kier alpha value is -1.34. The molecule has 0 radical (unpaired) electrons. The standard InChI is InChI=1S/C13H14BrNO2/c1-3-9-5-6-10(7-14)12(11(9)8-15)13(16)17-4-2/h5-6H,3-4,7H2,1-2H3. The Kier molecular flexibility index (Phi) is 5.17. The molecular formula is C13H14BrNO2. The van der Waals surface area contributed by atoms with Crippen LogP contribution in [-0.2, 0) is 16.5 Å². The molecule has 0 fully saturated rings. The van der Waals surface area contributed by atoms with Crippen molar-refractivity contribution in [2.75, 3.05) is 6.61 Å². The van der Waals surface area contributed by atoms with E-state index in [9.17, 15) is 10.1 Å². The lowest BCUT2D eigenvalue weighted by atomic mass is 9.96. The molecule has 0 saturated heterocycles. The number of nitrogens with zero attached hydrogens (tertiary/aromatic N) is 1. The first-order valence-electron chi connectivity index (χ1n) is 5.47. The quantitative estimate of drug-likeness (QED) is 0.633. The van der Waals surface area contributed by atoms with Gasteiger partial charge in [0.25, 0.3) is 0 Å². The number of hydrogen-bond acceptors (Lipinski definition) is 3. The van der Waals surface area contributed by atoms with Gasteiger partial charge >= 0.3 is 5.97 Å². The Morgan fingerprint density at radius 2 is 2.06 bits per heavy atom. The van der Waals surface area contributed by atoms with Gasteiger partial charge in [-0.25, -0.2) is 4.79 Å². The van der Waals surface area contributed by atoms with Crippen molar-refractivity contribution in [1.82, 2.24) is 0 Å². The second kappa shape index (κ2) is 6.41. The summed E-state index contributed by atoms with van der Waals surface area (Å²) < 4.78 is 5.00. The molecule has 0 amide bonds. The molecule has 0 saturated carbocycles. The van der Waals surface area contributed by atoms with Crippen LogP contribution in [0.25, 0.3) is 0 Å². The van der Waals surface area contributed by atoms with Crippen molar-refractivity contribution in [3.8, 4) is 6.07 Å². The van der Waals surface area contributed by atoms with Gasteiger partial charge in [-0.3, -0.25) is 0 Å². The lowest BCUT2D eigenvalue weighted by Gasteiger charge is -2.11. The SMILES string of the molecule is CCOC(=O)c1c(CBr)ccc(CC)c1C#N. The number of benzene rings is 1. The van der Waals surface area contributed by atoms with Crippen LogP contribution >= 0.6 is 15.9 Å². The largest absolute Gasteiger partial charge is 0.462 e. The molecule has 0 bridgehead atoms. The number of nitriles is 1. The molecular weight excluding hydrogens is 282 g/mol. The van der Waals surface area contributed by atoms with E-state index in [0.29, 0.717) is 23.1 Å². The highest BCUT2D eigenvalue weighted by Gasteiger charge is 2.19. The third-order valence-electron chi connectivity index (χ3n) is 2.49. The molecule has 1 aromatic carbocycles. The fourth-order valence-corrected chi connectivity index (χ4v) is 2.13. The summed E-state index contributed by atoms with van der Waals surface area (Å²) in [4.78, 5) is 11.9. The Balaban J connectivity index is 3.41. The zero-order valence-electron chi connectivity index (χ0n) is 9.92. The normalized spacial score (nSPS) is 9.76. The second-order valence-corrected chi connectivity index (χ2v) is 4.01. The predicted molar refractivity (Wildman–Crippen MR) is 69.1 cm³/mol. The van der Waals surface area contributed by atoms with Crippen molar-refractivity contribution >= 4 is 21.9 Å². The highest BCUT2D eigenvalue weighted by atomic mass is 79.9. The van der Waals surface area contributed by atoms with Crippen molar-refractivity contribution in [3.63, 3.8) is 0 Å². The number of carbonyl (C=O) groups is 1. The van der Waals surface area contributed by atoms with Gasteiger partial charge in [-0.15, -0.1) is 0 Å². The molecule has 1 aromatic rings. The van der Waals surface area contributed by atoms with Gasteiger partial charge in [-0.2, -0.15) is 5.26 Å². The van der Waals surface area contributed by atoms with Crippen LogP contribution in [0.4, 0.5) is 0 Å². The minimum absolute atomic E-state index is 0.307. The van der Waals surface area contributed by atoms with Gasteiger partial charge in [-0.05, 0) is 24.5 Å². The molecule has 3 nitrogen and oxygen atoms in total. The zero-order valence-corrected chi connectivity index (χ0v) is 11.5. The zero-order chi connectivity index (χ0) is 12.8. The Labute approximate surface area is 110 Å². The third kappa shape index (κ3) is 2.86. The van der Waals surface area contributed by atoms with E-state index in [1.54, 1.807) is 6.92 Å². The summed E-state index contributed by atoms with van der Waals surface area (Å²) >= 11 is 3.32. The first kappa shape index (κ1) is 13.7. The number of ether oxygens (including phenoxy) is 1. The second-order valence-electron chi connectivity index (χ2n) is 3.45. The topological polar surface area (TPSA) is 50.1 Å². The average Bonchev–Trinajstić information content (AvgIpc) is 2.36. The van der Waals surface area contributed by atoms with Gasteiger partial charge in [0.15, 0.2) is 0 Å². The number of aryl methyl sites for hydroxylation is 1. The molecule has 0 N–H and O–H groups in total. The maximum Gasteiger partial charge on any atom is 0.339 e. The van der Waals surface area contributed by atoms with Gasteiger partial charge in [0.2, 0.25) is 0 Å². The Bertz CT molecular complexity index is 463. The van der Waals surface area contributed by atoms with Crippen LogP contribution in [0.2, 0.25) is 0 Å². The molecule has 17 heavy (non-hydrogen) atoms. The third-order valence-corrected chi connectivity index (χ3v) is 3.10. The van der Waals surface area contributed by atoms with Crippen molar-refractivity contribution in [3.05, 3.63) is 34.4 Å². The van der Waals surface area contributed by atoms with Gasteiger partial charge in [0, 0.05) is 5.33 Å². The number of carbonyl (C=O) groups excluding carboxylic acids is 1. The van der Waals surface area contributed by atoms with Crippen LogP contribution in [0.15, 0.2) is 12.1 Å². The van der Waals surface area contributed by atoms with Crippen LogP contribution in [-0.4, -0.2) is 12.6 Å². The molecule has 0 aromatic heterocycles. The molecule has 0 heterocycles. The van der Waals surface area contributed by atoms with Gasteiger partial charge in [-0.1, -0.05) is 35.0 Å². The van der Waals surface area contributed by atoms with Crippen LogP contribution in [0.5, 0.6) is 0 Å². The lowest BCUT2D eigenvalue weighted by molar-refractivity contribution is 0.0525. The summed E-state index contributed by atoms with van der Waals surface area (Å²) in [5.74, 6) is -0.422. The van der Waals surface area contributed by atoms with E-state index in [1.807, 2.05) is 19.1 Å². The molecule has 4 heteroatoms. The Morgan fingerprint density at radius 3 is 2.53 bits per heavy atom. The summed E-state index contributed by atoms with van der Waals surface area (Å²) in [5, 5.41) is 9.72. The lowest BCUT2D eigenvalue weighted by Crippen LogP contribution is -2.11. The number of hydrogen-bond donors (Lipinski definition) is 0. The van der Waals surface area contributed by atoms with Crippen LogP contribution in [0.1, 0.15) is 40.9 Å².